The van der Waals surface area contributed by atoms with Gasteiger partial charge >= 0.3 is 0 Å². The summed E-state index contributed by atoms with van der Waals surface area (Å²) in [5, 5.41) is 0. The minimum atomic E-state index is -3.76. The fraction of sp³-hybridized carbons (Fsp3) is 0.148. The maximum Gasteiger partial charge on any atom is 0.245 e. The predicted octanol–water partition coefficient (Wildman–Crippen LogP) is 5.63. The Bertz CT molecular complexity index is 1210. The molecule has 0 radical (unpaired) electrons. The van der Waals surface area contributed by atoms with Crippen molar-refractivity contribution < 1.29 is 8.42 Å². The van der Waals surface area contributed by atoms with Crippen LogP contribution in [0.5, 0.6) is 0 Å². The van der Waals surface area contributed by atoms with Crippen LogP contribution in [-0.4, -0.2) is 24.3 Å². The highest BCUT2D eigenvalue weighted by atomic mass is 32.2. The van der Waals surface area contributed by atoms with E-state index in [-0.39, 0.29) is 18.0 Å². The van der Waals surface area contributed by atoms with Crippen molar-refractivity contribution in [3.63, 3.8) is 0 Å². The van der Waals surface area contributed by atoms with Crippen molar-refractivity contribution in [3.8, 4) is 0 Å². The third kappa shape index (κ3) is 5.48. The van der Waals surface area contributed by atoms with Crippen molar-refractivity contribution in [2.24, 2.45) is 0 Å². The molecule has 0 spiro atoms. The fourth-order valence-electron chi connectivity index (χ4n) is 3.72. The molecule has 4 rings (SSSR count). The Morgan fingerprint density at radius 1 is 0.697 bits per heavy atom. The molecular weight excluding hydrogens is 430 g/mol. The van der Waals surface area contributed by atoms with E-state index < -0.39 is 10.0 Å². The van der Waals surface area contributed by atoms with Crippen molar-refractivity contribution in [1.82, 2.24) is 9.29 Å². The summed E-state index contributed by atoms with van der Waals surface area (Å²) in [7, 11) is -3.76. The molecule has 0 amide bonds. The molecule has 0 saturated heterocycles. The smallest absolute Gasteiger partial charge is 0.245 e. The molecule has 5 nitrogen and oxygen atoms in total. The monoisotopic (exact) mass is 457 g/mol. The number of rotatable bonds is 9. The molecule has 1 aromatic heterocycles. The van der Waals surface area contributed by atoms with Gasteiger partial charge in [-0.15, -0.1) is 0 Å². The van der Waals surface area contributed by atoms with Crippen molar-refractivity contribution >= 4 is 21.5 Å². The highest BCUT2D eigenvalue weighted by Crippen LogP contribution is 2.26. The summed E-state index contributed by atoms with van der Waals surface area (Å²) in [5.41, 5.74) is 2.88. The molecule has 33 heavy (non-hydrogen) atoms. The number of para-hydroxylation sites is 1. The SMILES string of the molecule is CCN(c1ccccc1)c1ccc(S(=O)(=O)N(Cc2ccccc2)Cc2ccccc2)cn1. The van der Waals surface area contributed by atoms with E-state index in [9.17, 15) is 8.42 Å². The summed E-state index contributed by atoms with van der Waals surface area (Å²) < 4.78 is 28.8. The summed E-state index contributed by atoms with van der Waals surface area (Å²) in [6.45, 7) is 3.33. The Balaban J connectivity index is 1.64. The molecule has 0 unspecified atom stereocenters. The van der Waals surface area contributed by atoms with Crippen LogP contribution in [-0.2, 0) is 23.1 Å². The number of benzene rings is 3. The van der Waals surface area contributed by atoms with E-state index >= 15 is 0 Å². The number of hydrogen-bond donors (Lipinski definition) is 0. The number of hydrogen-bond acceptors (Lipinski definition) is 4. The van der Waals surface area contributed by atoms with E-state index in [4.69, 9.17) is 0 Å². The van der Waals surface area contributed by atoms with Crippen LogP contribution in [0, 0.1) is 0 Å². The second-order valence-corrected chi connectivity index (χ2v) is 9.61. The van der Waals surface area contributed by atoms with Crippen molar-refractivity contribution in [2.75, 3.05) is 11.4 Å². The molecule has 0 aliphatic heterocycles. The average Bonchev–Trinajstić information content (AvgIpc) is 2.86. The Morgan fingerprint density at radius 2 is 1.21 bits per heavy atom. The van der Waals surface area contributed by atoms with Gasteiger partial charge in [0.2, 0.25) is 10.0 Å². The molecule has 0 aliphatic carbocycles. The van der Waals surface area contributed by atoms with Gasteiger partial charge in [0.25, 0.3) is 0 Å². The quantitative estimate of drug-likeness (QED) is 0.327. The van der Waals surface area contributed by atoms with Gasteiger partial charge < -0.3 is 4.90 Å². The lowest BCUT2D eigenvalue weighted by molar-refractivity contribution is 0.401. The molecule has 0 atom stereocenters. The minimum absolute atomic E-state index is 0.183. The van der Waals surface area contributed by atoms with Gasteiger partial charge in [-0.2, -0.15) is 4.31 Å². The zero-order chi connectivity index (χ0) is 23.1. The fourth-order valence-corrected chi connectivity index (χ4v) is 5.08. The van der Waals surface area contributed by atoms with E-state index in [0.29, 0.717) is 5.82 Å². The van der Waals surface area contributed by atoms with Gasteiger partial charge in [0, 0.05) is 31.5 Å². The molecule has 1 heterocycles. The van der Waals surface area contributed by atoms with E-state index in [1.807, 2.05) is 103 Å². The maximum absolute atomic E-state index is 13.6. The number of anilines is 2. The number of sulfonamides is 1. The van der Waals surface area contributed by atoms with Crippen LogP contribution in [0.1, 0.15) is 18.1 Å². The molecule has 4 aromatic rings. The van der Waals surface area contributed by atoms with Gasteiger partial charge in [-0.25, -0.2) is 13.4 Å². The Kier molecular flexibility index (Phi) is 7.17. The first-order valence-corrected chi connectivity index (χ1v) is 12.4. The predicted molar refractivity (Wildman–Crippen MR) is 133 cm³/mol. The van der Waals surface area contributed by atoms with Crippen molar-refractivity contribution in [2.45, 2.75) is 24.9 Å². The molecule has 0 fully saturated rings. The zero-order valence-electron chi connectivity index (χ0n) is 18.6. The molecule has 6 heteroatoms. The molecule has 3 aromatic carbocycles. The number of aromatic nitrogens is 1. The maximum atomic E-state index is 13.6. The summed E-state index contributed by atoms with van der Waals surface area (Å²) in [4.78, 5) is 6.74. The van der Waals surface area contributed by atoms with E-state index in [1.165, 1.54) is 10.5 Å². The largest absolute Gasteiger partial charge is 0.327 e. The van der Waals surface area contributed by atoms with E-state index in [0.717, 1.165) is 23.4 Å². The lowest BCUT2D eigenvalue weighted by Crippen LogP contribution is -2.30. The lowest BCUT2D eigenvalue weighted by atomic mass is 10.2. The van der Waals surface area contributed by atoms with Crippen LogP contribution >= 0.6 is 0 Å². The highest BCUT2D eigenvalue weighted by molar-refractivity contribution is 7.89. The molecule has 0 saturated carbocycles. The third-order valence-electron chi connectivity index (χ3n) is 5.42. The van der Waals surface area contributed by atoms with Crippen LogP contribution in [0.2, 0.25) is 0 Å². The summed E-state index contributed by atoms with van der Waals surface area (Å²) in [5.74, 6) is 0.709. The first kappa shape index (κ1) is 22.7. The van der Waals surface area contributed by atoms with Gasteiger partial charge in [-0.05, 0) is 42.3 Å². The first-order chi connectivity index (χ1) is 16.1. The van der Waals surface area contributed by atoms with Crippen molar-refractivity contribution in [3.05, 3.63) is 120 Å². The minimum Gasteiger partial charge on any atom is -0.327 e. The van der Waals surface area contributed by atoms with E-state index in [1.54, 1.807) is 12.1 Å². The van der Waals surface area contributed by atoms with Gasteiger partial charge in [-0.3, -0.25) is 0 Å². The average molecular weight is 458 g/mol. The molecule has 0 N–H and O–H groups in total. The summed E-state index contributed by atoms with van der Waals surface area (Å²) >= 11 is 0. The lowest BCUT2D eigenvalue weighted by Gasteiger charge is -2.24. The third-order valence-corrected chi connectivity index (χ3v) is 7.20. The Hall–Kier alpha value is -3.48. The Labute approximate surface area is 196 Å². The van der Waals surface area contributed by atoms with Crippen LogP contribution in [0.3, 0.4) is 0 Å². The standard InChI is InChI=1S/C27H27N3O2S/c1-2-30(25-16-10-5-11-17-25)27-19-18-26(20-28-27)33(31,32)29(21-23-12-6-3-7-13-23)22-24-14-8-4-9-15-24/h3-20H,2,21-22H2,1H3. The first-order valence-electron chi connectivity index (χ1n) is 10.9. The van der Waals surface area contributed by atoms with E-state index in [2.05, 4.69) is 4.98 Å². The van der Waals surface area contributed by atoms with Crippen LogP contribution in [0.25, 0.3) is 0 Å². The Morgan fingerprint density at radius 3 is 1.67 bits per heavy atom. The second kappa shape index (κ2) is 10.4. The molecular formula is C27H27N3O2S. The van der Waals surface area contributed by atoms with Crippen molar-refractivity contribution in [1.29, 1.82) is 0 Å². The number of nitrogens with zero attached hydrogens (tertiary/aromatic N) is 3. The summed E-state index contributed by atoms with van der Waals surface area (Å²) in [6.07, 6.45) is 1.46. The second-order valence-electron chi connectivity index (χ2n) is 7.68. The topological polar surface area (TPSA) is 53.5 Å². The van der Waals surface area contributed by atoms with Crippen LogP contribution in [0.15, 0.2) is 114 Å². The normalized spacial score (nSPS) is 11.5. The molecule has 168 valence electrons. The van der Waals surface area contributed by atoms with Crippen LogP contribution < -0.4 is 4.90 Å². The van der Waals surface area contributed by atoms with Gasteiger partial charge in [0.1, 0.15) is 10.7 Å². The van der Waals surface area contributed by atoms with Gasteiger partial charge in [-0.1, -0.05) is 78.9 Å². The zero-order valence-corrected chi connectivity index (χ0v) is 19.4. The highest BCUT2D eigenvalue weighted by Gasteiger charge is 2.26. The number of pyridine rings is 1. The molecule has 0 bridgehead atoms. The summed E-state index contributed by atoms with van der Waals surface area (Å²) in [6, 6.07) is 32.6. The van der Waals surface area contributed by atoms with Crippen LogP contribution in [0.4, 0.5) is 11.5 Å². The molecule has 0 aliphatic rings. The van der Waals surface area contributed by atoms with Gasteiger partial charge in [0.15, 0.2) is 0 Å². The van der Waals surface area contributed by atoms with Gasteiger partial charge in [0.05, 0.1) is 0 Å².